The van der Waals surface area contributed by atoms with E-state index in [0.29, 0.717) is 11.5 Å². The lowest BCUT2D eigenvalue weighted by atomic mass is 10.1. The Labute approximate surface area is 170 Å². The summed E-state index contributed by atoms with van der Waals surface area (Å²) in [7, 11) is 0. The van der Waals surface area contributed by atoms with Gasteiger partial charge in [-0.25, -0.2) is 4.79 Å². The number of carbonyl (C=O) groups excluding carboxylic acids is 4. The summed E-state index contributed by atoms with van der Waals surface area (Å²) in [6, 6.07) is 9.07. The highest BCUT2D eigenvalue weighted by Gasteiger charge is 2.21. The molecule has 0 spiro atoms. The summed E-state index contributed by atoms with van der Waals surface area (Å²) in [5, 5.41) is 2.50. The number of hydrogen-bond acceptors (Lipinski definition) is 8. The van der Waals surface area contributed by atoms with E-state index in [0.717, 1.165) is 0 Å². The van der Waals surface area contributed by atoms with Crippen LogP contribution in [0.25, 0.3) is 0 Å². The Balaban J connectivity index is 1.55. The molecule has 2 aromatic rings. The van der Waals surface area contributed by atoms with Crippen molar-refractivity contribution in [3.8, 4) is 17.2 Å². The Morgan fingerprint density at radius 3 is 2.43 bits per heavy atom. The van der Waals surface area contributed by atoms with Crippen LogP contribution in [-0.4, -0.2) is 43.6 Å². The molecule has 10 nitrogen and oxygen atoms in total. The molecule has 1 aliphatic heterocycles. The van der Waals surface area contributed by atoms with E-state index in [2.05, 4.69) is 5.32 Å². The van der Waals surface area contributed by atoms with Crippen molar-refractivity contribution in [2.45, 2.75) is 6.92 Å². The molecule has 0 bridgehead atoms. The molecule has 156 valence electrons. The van der Waals surface area contributed by atoms with Gasteiger partial charge in [-0.1, -0.05) is 12.1 Å². The number of para-hydroxylation sites is 1. The molecule has 0 saturated heterocycles. The van der Waals surface area contributed by atoms with Crippen molar-refractivity contribution in [3.05, 3.63) is 47.5 Å². The van der Waals surface area contributed by atoms with Crippen LogP contribution in [0, 0.1) is 0 Å². The number of carbonyl (C=O) groups is 4. The van der Waals surface area contributed by atoms with Crippen LogP contribution < -0.4 is 25.3 Å². The standard InChI is InChI=1S/C20H18N2O8/c1-11(23)13-6-16-17(30-10-29-16)7-14(13)22-18(24)8-28-19(25)9-27-15-5-3-2-4-12(15)20(21)26/h2-7H,8-10H2,1H3,(H2,21,26)(H,22,24). The molecule has 3 rings (SSSR count). The monoisotopic (exact) mass is 414 g/mol. The minimum Gasteiger partial charge on any atom is -0.481 e. The summed E-state index contributed by atoms with van der Waals surface area (Å²) in [5.74, 6) is -1.58. The smallest absolute Gasteiger partial charge is 0.344 e. The number of ether oxygens (including phenoxy) is 4. The number of hydrogen-bond donors (Lipinski definition) is 2. The molecule has 30 heavy (non-hydrogen) atoms. The van der Waals surface area contributed by atoms with Crippen LogP contribution in [0.4, 0.5) is 5.69 Å². The van der Waals surface area contributed by atoms with Crippen LogP contribution >= 0.6 is 0 Å². The highest BCUT2D eigenvalue weighted by atomic mass is 16.7. The van der Waals surface area contributed by atoms with E-state index in [4.69, 9.17) is 24.7 Å². The first kappa shape index (κ1) is 20.6. The van der Waals surface area contributed by atoms with Gasteiger partial charge in [0.2, 0.25) is 6.79 Å². The predicted octanol–water partition coefficient (Wildman–Crippen LogP) is 1.28. The van der Waals surface area contributed by atoms with Crippen molar-refractivity contribution in [2.24, 2.45) is 5.73 Å². The molecule has 0 saturated carbocycles. The SMILES string of the molecule is CC(=O)c1cc2c(cc1NC(=O)COC(=O)COc1ccccc1C(N)=O)OCO2. The first-order chi connectivity index (χ1) is 14.3. The van der Waals surface area contributed by atoms with Gasteiger partial charge in [-0.3, -0.25) is 14.4 Å². The molecule has 2 aromatic carbocycles. The molecule has 1 aliphatic rings. The first-order valence-corrected chi connectivity index (χ1v) is 8.77. The Morgan fingerprint density at radius 1 is 1.03 bits per heavy atom. The molecule has 10 heteroatoms. The van der Waals surface area contributed by atoms with Crippen LogP contribution in [0.1, 0.15) is 27.6 Å². The summed E-state index contributed by atoms with van der Waals surface area (Å²) >= 11 is 0. The number of amides is 2. The van der Waals surface area contributed by atoms with Gasteiger partial charge in [-0.05, 0) is 25.1 Å². The van der Waals surface area contributed by atoms with Crippen LogP contribution in [0.2, 0.25) is 0 Å². The number of rotatable bonds is 8. The summed E-state index contributed by atoms with van der Waals surface area (Å²) in [6.45, 7) is 0.223. The Hall–Kier alpha value is -4.08. The number of benzene rings is 2. The van der Waals surface area contributed by atoms with Crippen LogP contribution in [-0.2, 0) is 14.3 Å². The zero-order chi connectivity index (χ0) is 21.7. The molecular weight excluding hydrogens is 396 g/mol. The lowest BCUT2D eigenvalue weighted by Gasteiger charge is -2.11. The van der Waals surface area contributed by atoms with Gasteiger partial charge in [0, 0.05) is 11.6 Å². The second kappa shape index (κ2) is 8.95. The second-order valence-corrected chi connectivity index (χ2v) is 6.17. The summed E-state index contributed by atoms with van der Waals surface area (Å²) in [6.07, 6.45) is 0. The minimum absolute atomic E-state index is 0.0145. The number of nitrogens with one attached hydrogen (secondary N) is 1. The van der Waals surface area contributed by atoms with Crippen molar-refractivity contribution in [1.82, 2.24) is 0 Å². The highest BCUT2D eigenvalue weighted by molar-refractivity contribution is 6.05. The van der Waals surface area contributed by atoms with Gasteiger partial charge in [0.1, 0.15) is 5.75 Å². The molecule has 0 aliphatic carbocycles. The van der Waals surface area contributed by atoms with E-state index in [1.165, 1.54) is 31.2 Å². The number of nitrogens with two attached hydrogens (primary N) is 1. The Bertz CT molecular complexity index is 1020. The Kier molecular flexibility index (Phi) is 6.16. The number of primary amides is 1. The summed E-state index contributed by atoms with van der Waals surface area (Å²) in [4.78, 5) is 47.1. The van der Waals surface area contributed by atoms with Crippen molar-refractivity contribution in [2.75, 3.05) is 25.3 Å². The third-order valence-corrected chi connectivity index (χ3v) is 4.03. The van der Waals surface area contributed by atoms with E-state index in [1.54, 1.807) is 12.1 Å². The third-order valence-electron chi connectivity index (χ3n) is 4.03. The molecule has 0 atom stereocenters. The molecule has 2 amide bonds. The normalized spacial score (nSPS) is 11.5. The van der Waals surface area contributed by atoms with Gasteiger partial charge in [-0.15, -0.1) is 0 Å². The van der Waals surface area contributed by atoms with E-state index >= 15 is 0 Å². The maximum absolute atomic E-state index is 12.1. The lowest BCUT2D eigenvalue weighted by Crippen LogP contribution is -2.24. The minimum atomic E-state index is -0.832. The summed E-state index contributed by atoms with van der Waals surface area (Å²) in [5.41, 5.74) is 5.78. The molecule has 1 heterocycles. The highest BCUT2D eigenvalue weighted by Crippen LogP contribution is 2.37. The zero-order valence-electron chi connectivity index (χ0n) is 15.9. The van der Waals surface area contributed by atoms with E-state index < -0.39 is 31.0 Å². The fourth-order valence-corrected chi connectivity index (χ4v) is 2.64. The van der Waals surface area contributed by atoms with Crippen LogP contribution in [0.15, 0.2) is 36.4 Å². The van der Waals surface area contributed by atoms with E-state index in [9.17, 15) is 19.2 Å². The van der Waals surface area contributed by atoms with E-state index in [1.807, 2.05) is 0 Å². The molecule has 0 radical (unpaired) electrons. The quantitative estimate of drug-likeness (QED) is 0.486. The van der Waals surface area contributed by atoms with Gasteiger partial charge in [-0.2, -0.15) is 0 Å². The summed E-state index contributed by atoms with van der Waals surface area (Å²) < 4.78 is 20.5. The number of esters is 1. The van der Waals surface area contributed by atoms with E-state index in [-0.39, 0.29) is 35.1 Å². The van der Waals surface area contributed by atoms with Gasteiger partial charge in [0.25, 0.3) is 11.8 Å². The number of anilines is 1. The van der Waals surface area contributed by atoms with Gasteiger partial charge >= 0.3 is 5.97 Å². The zero-order valence-corrected chi connectivity index (χ0v) is 15.9. The number of fused-ring (bicyclic) bond motifs is 1. The van der Waals surface area contributed by atoms with Crippen molar-refractivity contribution in [1.29, 1.82) is 0 Å². The average molecular weight is 414 g/mol. The third kappa shape index (κ3) is 4.85. The number of Topliss-reactive ketones (excluding diaryl/α,β-unsaturated/α-hetero) is 1. The maximum Gasteiger partial charge on any atom is 0.344 e. The van der Waals surface area contributed by atoms with Crippen LogP contribution in [0.3, 0.4) is 0 Å². The molecular formula is C20H18N2O8. The number of ketones is 1. The molecule has 0 aromatic heterocycles. The Morgan fingerprint density at radius 2 is 1.73 bits per heavy atom. The molecule has 3 N–H and O–H groups in total. The van der Waals surface area contributed by atoms with Crippen molar-refractivity contribution in [3.63, 3.8) is 0 Å². The maximum atomic E-state index is 12.1. The van der Waals surface area contributed by atoms with Crippen molar-refractivity contribution < 1.29 is 38.1 Å². The fourth-order valence-electron chi connectivity index (χ4n) is 2.64. The first-order valence-electron chi connectivity index (χ1n) is 8.77. The van der Waals surface area contributed by atoms with Gasteiger partial charge in [0.05, 0.1) is 11.3 Å². The molecule has 0 unspecified atom stereocenters. The van der Waals surface area contributed by atoms with Gasteiger partial charge < -0.3 is 30.0 Å². The van der Waals surface area contributed by atoms with Crippen molar-refractivity contribution >= 4 is 29.3 Å². The average Bonchev–Trinajstić information content (AvgIpc) is 3.17. The van der Waals surface area contributed by atoms with Gasteiger partial charge in [0.15, 0.2) is 30.5 Å². The topological polar surface area (TPSA) is 143 Å². The van der Waals surface area contributed by atoms with Crippen LogP contribution in [0.5, 0.6) is 17.2 Å². The lowest BCUT2D eigenvalue weighted by molar-refractivity contribution is -0.149. The second-order valence-electron chi connectivity index (χ2n) is 6.17. The fraction of sp³-hybridized carbons (Fsp3) is 0.200. The predicted molar refractivity (Wildman–Crippen MR) is 103 cm³/mol. The molecule has 0 fully saturated rings. The largest absolute Gasteiger partial charge is 0.481 e.